The summed E-state index contributed by atoms with van der Waals surface area (Å²) in [6.07, 6.45) is 7.75. The Balaban J connectivity index is 2.38. The monoisotopic (exact) mass is 224 g/mol. The Morgan fingerprint density at radius 1 is 1.50 bits per heavy atom. The van der Waals surface area contributed by atoms with Crippen LogP contribution in [0.2, 0.25) is 0 Å². The quantitative estimate of drug-likeness (QED) is 0.532. The molecule has 1 aliphatic carbocycles. The molecule has 90 valence electrons. The Labute approximate surface area is 96.9 Å². The van der Waals surface area contributed by atoms with Crippen molar-refractivity contribution in [3.05, 3.63) is 12.2 Å². The van der Waals surface area contributed by atoms with E-state index in [-0.39, 0.29) is 17.8 Å². The summed E-state index contributed by atoms with van der Waals surface area (Å²) in [5, 5.41) is 0. The molecule has 0 heterocycles. The second-order valence-corrected chi connectivity index (χ2v) is 4.36. The van der Waals surface area contributed by atoms with Gasteiger partial charge < -0.3 is 4.74 Å². The van der Waals surface area contributed by atoms with E-state index in [4.69, 9.17) is 0 Å². The second kappa shape index (κ2) is 6.46. The maximum absolute atomic E-state index is 11.7. The molecule has 1 fully saturated rings. The van der Waals surface area contributed by atoms with Crippen LogP contribution < -0.4 is 0 Å². The molecule has 3 heteroatoms. The summed E-state index contributed by atoms with van der Waals surface area (Å²) in [4.78, 5) is 22.8. The van der Waals surface area contributed by atoms with Crippen molar-refractivity contribution >= 4 is 11.8 Å². The van der Waals surface area contributed by atoms with E-state index in [0.29, 0.717) is 18.6 Å². The van der Waals surface area contributed by atoms with Gasteiger partial charge in [-0.05, 0) is 25.2 Å². The van der Waals surface area contributed by atoms with Gasteiger partial charge in [0.05, 0.1) is 7.11 Å². The summed E-state index contributed by atoms with van der Waals surface area (Å²) in [5.74, 6) is 0.412. The summed E-state index contributed by atoms with van der Waals surface area (Å²) < 4.78 is 4.62. The molecule has 2 unspecified atom stereocenters. The van der Waals surface area contributed by atoms with Gasteiger partial charge in [-0.25, -0.2) is 0 Å². The number of Topliss-reactive ketones (excluding diaryl/α,β-unsaturated/α-hetero) is 1. The second-order valence-electron chi connectivity index (χ2n) is 4.36. The van der Waals surface area contributed by atoms with E-state index in [0.717, 1.165) is 19.3 Å². The highest BCUT2D eigenvalue weighted by atomic mass is 16.5. The number of ether oxygens (including phenoxy) is 1. The molecule has 1 saturated carbocycles. The van der Waals surface area contributed by atoms with Crippen LogP contribution in [0.3, 0.4) is 0 Å². The third kappa shape index (κ3) is 3.80. The first kappa shape index (κ1) is 12.9. The Morgan fingerprint density at radius 3 is 2.88 bits per heavy atom. The van der Waals surface area contributed by atoms with Gasteiger partial charge in [-0.15, -0.1) is 0 Å². The number of ketones is 1. The van der Waals surface area contributed by atoms with Crippen LogP contribution in [-0.2, 0) is 14.3 Å². The highest BCUT2D eigenvalue weighted by Crippen LogP contribution is 2.32. The molecule has 0 amide bonds. The first-order valence-electron chi connectivity index (χ1n) is 5.91. The minimum atomic E-state index is -0.206. The van der Waals surface area contributed by atoms with Crippen molar-refractivity contribution in [1.82, 2.24) is 0 Å². The number of rotatable bonds is 5. The Morgan fingerprint density at radius 2 is 2.25 bits per heavy atom. The molecular formula is C13H20O3. The molecule has 2 atom stereocenters. The van der Waals surface area contributed by atoms with Gasteiger partial charge in [0.15, 0.2) is 0 Å². The summed E-state index contributed by atoms with van der Waals surface area (Å²) in [6, 6.07) is 0. The predicted molar refractivity (Wildman–Crippen MR) is 61.9 cm³/mol. The molecule has 0 aromatic heterocycles. The maximum atomic E-state index is 11.7. The number of carbonyl (C=O) groups excluding carboxylic acids is 2. The fourth-order valence-electron chi connectivity index (χ4n) is 2.20. The molecule has 0 aromatic rings. The molecule has 0 spiro atoms. The van der Waals surface area contributed by atoms with Crippen LogP contribution in [0, 0.1) is 11.8 Å². The van der Waals surface area contributed by atoms with Crippen molar-refractivity contribution in [2.45, 2.75) is 39.0 Å². The molecule has 0 aliphatic heterocycles. The molecule has 0 N–H and O–H groups in total. The van der Waals surface area contributed by atoms with Crippen LogP contribution in [-0.4, -0.2) is 18.9 Å². The normalized spacial score (nSPS) is 25.2. The number of allylic oxidation sites excluding steroid dienone is 2. The van der Waals surface area contributed by atoms with Gasteiger partial charge in [0.25, 0.3) is 0 Å². The van der Waals surface area contributed by atoms with E-state index < -0.39 is 0 Å². The van der Waals surface area contributed by atoms with E-state index in [1.54, 1.807) is 0 Å². The zero-order valence-corrected chi connectivity index (χ0v) is 10.1. The van der Waals surface area contributed by atoms with Gasteiger partial charge in [0, 0.05) is 18.8 Å². The largest absolute Gasteiger partial charge is 0.469 e. The lowest BCUT2D eigenvalue weighted by Gasteiger charge is -2.06. The Bertz CT molecular complexity index is 281. The molecule has 0 radical (unpaired) electrons. The van der Waals surface area contributed by atoms with E-state index in [2.05, 4.69) is 23.8 Å². The van der Waals surface area contributed by atoms with E-state index >= 15 is 0 Å². The van der Waals surface area contributed by atoms with Crippen LogP contribution in [0.25, 0.3) is 0 Å². The Kier molecular flexibility index (Phi) is 5.23. The lowest BCUT2D eigenvalue weighted by molar-refractivity contribution is -0.141. The third-order valence-corrected chi connectivity index (χ3v) is 3.07. The molecule has 1 aliphatic rings. The van der Waals surface area contributed by atoms with Crippen molar-refractivity contribution in [2.75, 3.05) is 7.11 Å². The minimum Gasteiger partial charge on any atom is -0.469 e. The van der Waals surface area contributed by atoms with Crippen LogP contribution in [0.1, 0.15) is 39.0 Å². The molecule has 1 rings (SSSR count). The summed E-state index contributed by atoms with van der Waals surface area (Å²) in [5.41, 5.74) is 0. The van der Waals surface area contributed by atoms with Gasteiger partial charge in [0.2, 0.25) is 0 Å². The smallest absolute Gasteiger partial charge is 0.305 e. The lowest BCUT2D eigenvalue weighted by Crippen LogP contribution is -2.07. The van der Waals surface area contributed by atoms with Crippen LogP contribution in [0.4, 0.5) is 0 Å². The first-order valence-corrected chi connectivity index (χ1v) is 5.91. The zero-order valence-electron chi connectivity index (χ0n) is 10.1. The van der Waals surface area contributed by atoms with Gasteiger partial charge in [-0.2, -0.15) is 0 Å². The molecule has 16 heavy (non-hydrogen) atoms. The zero-order chi connectivity index (χ0) is 12.0. The van der Waals surface area contributed by atoms with Crippen LogP contribution >= 0.6 is 0 Å². The molecular weight excluding hydrogens is 204 g/mol. The van der Waals surface area contributed by atoms with E-state index in [1.807, 2.05) is 0 Å². The maximum Gasteiger partial charge on any atom is 0.305 e. The van der Waals surface area contributed by atoms with Crippen LogP contribution in [0.15, 0.2) is 12.2 Å². The van der Waals surface area contributed by atoms with Crippen molar-refractivity contribution in [1.29, 1.82) is 0 Å². The predicted octanol–water partition coefficient (Wildman–Crippen LogP) is 2.50. The molecule has 0 bridgehead atoms. The van der Waals surface area contributed by atoms with Crippen LogP contribution in [0.5, 0.6) is 0 Å². The number of esters is 1. The van der Waals surface area contributed by atoms with Gasteiger partial charge in [-0.3, -0.25) is 9.59 Å². The molecule has 0 saturated heterocycles. The molecule has 3 nitrogen and oxygen atoms in total. The average Bonchev–Trinajstić information content (AvgIpc) is 2.59. The van der Waals surface area contributed by atoms with Crippen molar-refractivity contribution in [3.63, 3.8) is 0 Å². The SMILES string of the molecule is CC/C=C\CC1CC(CC(=O)OC)CC1=O. The summed E-state index contributed by atoms with van der Waals surface area (Å²) in [7, 11) is 1.39. The fraction of sp³-hybridized carbons (Fsp3) is 0.692. The third-order valence-electron chi connectivity index (χ3n) is 3.07. The highest BCUT2D eigenvalue weighted by molar-refractivity contribution is 5.84. The van der Waals surface area contributed by atoms with Crippen molar-refractivity contribution < 1.29 is 14.3 Å². The van der Waals surface area contributed by atoms with Crippen molar-refractivity contribution in [3.8, 4) is 0 Å². The van der Waals surface area contributed by atoms with Gasteiger partial charge in [-0.1, -0.05) is 19.1 Å². The Hall–Kier alpha value is -1.12. The summed E-state index contributed by atoms with van der Waals surface area (Å²) in [6.45, 7) is 2.08. The highest BCUT2D eigenvalue weighted by Gasteiger charge is 2.32. The summed E-state index contributed by atoms with van der Waals surface area (Å²) >= 11 is 0. The number of carbonyl (C=O) groups is 2. The van der Waals surface area contributed by atoms with Gasteiger partial charge in [0.1, 0.15) is 5.78 Å². The lowest BCUT2D eigenvalue weighted by atomic mass is 9.99. The number of hydrogen-bond donors (Lipinski definition) is 0. The minimum absolute atomic E-state index is 0.123. The van der Waals surface area contributed by atoms with E-state index in [9.17, 15) is 9.59 Å². The van der Waals surface area contributed by atoms with Gasteiger partial charge >= 0.3 is 5.97 Å². The fourth-order valence-corrected chi connectivity index (χ4v) is 2.20. The number of methoxy groups -OCH3 is 1. The topological polar surface area (TPSA) is 43.4 Å². The standard InChI is InChI=1S/C13H20O3/c1-3-4-5-6-11-7-10(8-12(11)14)9-13(15)16-2/h4-5,10-11H,3,6-9H2,1-2H3/b5-4-. The van der Waals surface area contributed by atoms with E-state index in [1.165, 1.54) is 7.11 Å². The first-order chi connectivity index (χ1) is 7.67. The number of hydrogen-bond acceptors (Lipinski definition) is 3. The average molecular weight is 224 g/mol. The van der Waals surface area contributed by atoms with Crippen molar-refractivity contribution in [2.24, 2.45) is 11.8 Å². The molecule has 0 aromatic carbocycles.